The molecular weight excluding hydrogens is 170 g/mol. The van der Waals surface area contributed by atoms with Crippen LogP contribution in [0.5, 0.6) is 0 Å². The molecule has 0 atom stereocenters. The Labute approximate surface area is 87.8 Å². The van der Waals surface area contributed by atoms with Crippen molar-refractivity contribution in [3.05, 3.63) is 29.6 Å². The Kier molecular flexibility index (Phi) is 4.64. The summed E-state index contributed by atoms with van der Waals surface area (Å²) in [4.78, 5) is 0. The molecule has 0 saturated carbocycles. The summed E-state index contributed by atoms with van der Waals surface area (Å²) in [6, 6.07) is 2.22. The van der Waals surface area contributed by atoms with Gasteiger partial charge in [0.25, 0.3) is 0 Å². The standard InChI is InChI=1S/C13H22N/c1-4-5-6-7-8-14-10-12(2)9-13(3)11-14/h9-11H,4-8H2,1-3H3/q+1. The van der Waals surface area contributed by atoms with E-state index in [0.29, 0.717) is 0 Å². The third kappa shape index (κ3) is 3.91. The second kappa shape index (κ2) is 5.79. The van der Waals surface area contributed by atoms with Crippen molar-refractivity contribution in [3.8, 4) is 0 Å². The van der Waals surface area contributed by atoms with Crippen molar-refractivity contribution in [3.63, 3.8) is 0 Å². The molecule has 0 aromatic carbocycles. The third-order valence-corrected chi connectivity index (χ3v) is 2.46. The molecule has 0 bridgehead atoms. The molecule has 1 aromatic heterocycles. The van der Waals surface area contributed by atoms with Crippen molar-refractivity contribution < 1.29 is 4.57 Å². The highest BCUT2D eigenvalue weighted by atomic mass is 14.9. The van der Waals surface area contributed by atoms with Gasteiger partial charge in [-0.15, -0.1) is 0 Å². The van der Waals surface area contributed by atoms with Crippen LogP contribution in [0.15, 0.2) is 18.5 Å². The Morgan fingerprint density at radius 1 is 1.00 bits per heavy atom. The quantitative estimate of drug-likeness (QED) is 0.498. The zero-order valence-corrected chi connectivity index (χ0v) is 9.71. The minimum atomic E-state index is 1.17. The second-order valence-electron chi connectivity index (χ2n) is 4.19. The van der Waals surface area contributed by atoms with Crippen LogP contribution in [0, 0.1) is 13.8 Å². The molecule has 0 unspecified atom stereocenters. The molecule has 0 amide bonds. The number of hydrogen-bond donors (Lipinski definition) is 0. The van der Waals surface area contributed by atoms with Crippen molar-refractivity contribution in [2.75, 3.05) is 0 Å². The van der Waals surface area contributed by atoms with Gasteiger partial charge >= 0.3 is 0 Å². The van der Waals surface area contributed by atoms with Crippen molar-refractivity contribution >= 4 is 0 Å². The molecular formula is C13H22N+. The van der Waals surface area contributed by atoms with E-state index in [9.17, 15) is 0 Å². The van der Waals surface area contributed by atoms with Crippen molar-refractivity contribution in [1.29, 1.82) is 0 Å². The number of unbranched alkanes of at least 4 members (excludes halogenated alkanes) is 3. The van der Waals surface area contributed by atoms with Crippen LogP contribution in [0.3, 0.4) is 0 Å². The Hall–Kier alpha value is -0.850. The molecule has 1 nitrogen and oxygen atoms in total. The summed E-state index contributed by atoms with van der Waals surface area (Å²) in [5.74, 6) is 0. The second-order valence-corrected chi connectivity index (χ2v) is 4.19. The highest BCUT2D eigenvalue weighted by Gasteiger charge is 2.01. The van der Waals surface area contributed by atoms with E-state index in [0.717, 1.165) is 0 Å². The van der Waals surface area contributed by atoms with Crippen LogP contribution in [0.25, 0.3) is 0 Å². The van der Waals surface area contributed by atoms with Gasteiger partial charge in [0.1, 0.15) is 6.54 Å². The van der Waals surface area contributed by atoms with Gasteiger partial charge in [0, 0.05) is 17.5 Å². The number of rotatable bonds is 5. The monoisotopic (exact) mass is 192 g/mol. The molecule has 78 valence electrons. The highest BCUT2D eigenvalue weighted by molar-refractivity contribution is 5.11. The van der Waals surface area contributed by atoms with E-state index in [-0.39, 0.29) is 0 Å². The smallest absolute Gasteiger partial charge is 0.171 e. The lowest BCUT2D eigenvalue weighted by Crippen LogP contribution is -2.33. The van der Waals surface area contributed by atoms with E-state index in [1.165, 1.54) is 43.4 Å². The molecule has 0 fully saturated rings. The lowest BCUT2D eigenvalue weighted by Gasteiger charge is -1.99. The summed E-state index contributed by atoms with van der Waals surface area (Å²) < 4.78 is 2.32. The summed E-state index contributed by atoms with van der Waals surface area (Å²) >= 11 is 0. The fraction of sp³-hybridized carbons (Fsp3) is 0.615. The van der Waals surface area contributed by atoms with E-state index in [1.54, 1.807) is 0 Å². The summed E-state index contributed by atoms with van der Waals surface area (Å²) in [7, 11) is 0. The molecule has 1 rings (SSSR count). The summed E-state index contributed by atoms with van der Waals surface area (Å²) in [5, 5.41) is 0. The van der Waals surface area contributed by atoms with Crippen LogP contribution < -0.4 is 4.57 Å². The third-order valence-electron chi connectivity index (χ3n) is 2.46. The Balaban J connectivity index is 2.42. The average Bonchev–Trinajstić information content (AvgIpc) is 2.11. The van der Waals surface area contributed by atoms with Crippen molar-refractivity contribution in [1.82, 2.24) is 0 Å². The first-order valence-electron chi connectivity index (χ1n) is 5.69. The van der Waals surface area contributed by atoms with Gasteiger partial charge in [-0.3, -0.25) is 0 Å². The van der Waals surface area contributed by atoms with Gasteiger partial charge in [-0.25, -0.2) is 4.57 Å². The normalized spacial score (nSPS) is 10.5. The molecule has 0 N–H and O–H groups in total. The van der Waals surface area contributed by atoms with Gasteiger partial charge in [-0.05, 0) is 26.3 Å². The maximum absolute atomic E-state index is 2.32. The molecule has 0 saturated heterocycles. The largest absolute Gasteiger partial charge is 0.205 e. The lowest BCUT2D eigenvalue weighted by molar-refractivity contribution is -0.698. The van der Waals surface area contributed by atoms with E-state index in [1.807, 2.05) is 0 Å². The number of hydrogen-bond acceptors (Lipinski definition) is 0. The van der Waals surface area contributed by atoms with Gasteiger partial charge in [-0.2, -0.15) is 0 Å². The van der Waals surface area contributed by atoms with Gasteiger partial charge in [0.15, 0.2) is 12.4 Å². The Morgan fingerprint density at radius 2 is 1.64 bits per heavy atom. The molecule has 1 aromatic rings. The minimum Gasteiger partial charge on any atom is -0.205 e. The fourth-order valence-electron chi connectivity index (χ4n) is 1.84. The predicted molar refractivity (Wildman–Crippen MR) is 60.3 cm³/mol. The lowest BCUT2D eigenvalue weighted by atomic mass is 10.2. The maximum atomic E-state index is 2.32. The molecule has 0 aliphatic carbocycles. The van der Waals surface area contributed by atoms with Crippen LogP contribution >= 0.6 is 0 Å². The van der Waals surface area contributed by atoms with Crippen LogP contribution in [-0.4, -0.2) is 0 Å². The number of aryl methyl sites for hydroxylation is 3. The molecule has 1 heteroatoms. The van der Waals surface area contributed by atoms with Crippen molar-refractivity contribution in [2.24, 2.45) is 0 Å². The summed E-state index contributed by atoms with van der Waals surface area (Å²) in [6.45, 7) is 7.75. The predicted octanol–water partition coefficient (Wildman–Crippen LogP) is 3.17. The average molecular weight is 192 g/mol. The maximum Gasteiger partial charge on any atom is 0.171 e. The van der Waals surface area contributed by atoms with Gasteiger partial charge in [-0.1, -0.05) is 19.8 Å². The van der Waals surface area contributed by atoms with E-state index >= 15 is 0 Å². The number of aromatic nitrogens is 1. The molecule has 1 heterocycles. The van der Waals surface area contributed by atoms with E-state index in [2.05, 4.69) is 43.8 Å². The van der Waals surface area contributed by atoms with Gasteiger partial charge in [0.2, 0.25) is 0 Å². The topological polar surface area (TPSA) is 3.88 Å². The van der Waals surface area contributed by atoms with Gasteiger partial charge in [0.05, 0.1) is 0 Å². The fourth-order valence-corrected chi connectivity index (χ4v) is 1.84. The molecule has 14 heavy (non-hydrogen) atoms. The van der Waals surface area contributed by atoms with Crippen LogP contribution in [0.1, 0.15) is 43.7 Å². The summed E-state index contributed by atoms with van der Waals surface area (Å²) in [5.41, 5.74) is 2.72. The highest BCUT2D eigenvalue weighted by Crippen LogP contribution is 2.00. The number of nitrogens with zero attached hydrogens (tertiary/aromatic N) is 1. The first-order valence-corrected chi connectivity index (χ1v) is 5.69. The molecule has 0 aliphatic heterocycles. The minimum absolute atomic E-state index is 1.17. The Bertz CT molecular complexity index is 258. The molecule has 0 radical (unpaired) electrons. The summed E-state index contributed by atoms with van der Waals surface area (Å²) in [6.07, 6.45) is 9.82. The Morgan fingerprint density at radius 3 is 2.21 bits per heavy atom. The van der Waals surface area contributed by atoms with Crippen LogP contribution in [-0.2, 0) is 6.54 Å². The van der Waals surface area contributed by atoms with E-state index in [4.69, 9.17) is 0 Å². The first kappa shape index (κ1) is 11.2. The van der Waals surface area contributed by atoms with Gasteiger partial charge < -0.3 is 0 Å². The number of pyridine rings is 1. The SMILES string of the molecule is CCCCCC[n+]1cc(C)cc(C)c1. The molecule has 0 aliphatic rings. The van der Waals surface area contributed by atoms with Crippen LogP contribution in [0.4, 0.5) is 0 Å². The first-order chi connectivity index (χ1) is 6.72. The zero-order chi connectivity index (χ0) is 10.4. The van der Waals surface area contributed by atoms with Crippen molar-refractivity contribution in [2.45, 2.75) is 53.0 Å². The van der Waals surface area contributed by atoms with E-state index < -0.39 is 0 Å². The zero-order valence-electron chi connectivity index (χ0n) is 9.71. The van der Waals surface area contributed by atoms with Crippen LogP contribution in [0.2, 0.25) is 0 Å². The molecule has 0 spiro atoms.